The molecule has 1 heterocycles. The van der Waals surface area contributed by atoms with E-state index in [0.29, 0.717) is 25.6 Å². The maximum atomic E-state index is 10.2. The second kappa shape index (κ2) is 2.27. The molecule has 0 spiro atoms. The van der Waals surface area contributed by atoms with Crippen molar-refractivity contribution in [2.75, 3.05) is 6.61 Å². The molecule has 1 fully saturated rings. The molecule has 1 saturated heterocycles. The van der Waals surface area contributed by atoms with Crippen molar-refractivity contribution in [2.45, 2.75) is 18.4 Å². The first kappa shape index (κ1) is 6.42. The summed E-state index contributed by atoms with van der Waals surface area (Å²) in [6, 6.07) is 0. The highest BCUT2D eigenvalue weighted by molar-refractivity contribution is 5.87. The summed E-state index contributed by atoms with van der Waals surface area (Å²) in [4.78, 5) is 20.4. The molecular formula is C6H8O3. The minimum atomic E-state index is -1.08. The molecule has 1 rings (SSSR count). The second-order valence-corrected chi connectivity index (χ2v) is 2.14. The monoisotopic (exact) mass is 128 g/mol. The van der Waals surface area contributed by atoms with Crippen LogP contribution in [0.2, 0.25) is 0 Å². The zero-order valence-corrected chi connectivity index (χ0v) is 5.00. The van der Waals surface area contributed by atoms with Crippen molar-refractivity contribution < 1.29 is 14.3 Å². The van der Waals surface area contributed by atoms with Crippen LogP contribution in [0, 0.1) is 0 Å². The van der Waals surface area contributed by atoms with Crippen LogP contribution in [0.3, 0.4) is 0 Å². The molecule has 0 atom stereocenters. The molecule has 0 aliphatic carbocycles. The van der Waals surface area contributed by atoms with Gasteiger partial charge in [-0.25, -0.2) is 0 Å². The van der Waals surface area contributed by atoms with Gasteiger partial charge < -0.3 is 4.74 Å². The van der Waals surface area contributed by atoms with Crippen molar-refractivity contribution >= 4 is 12.6 Å². The first-order valence-electron chi connectivity index (χ1n) is 2.90. The molecular weight excluding hydrogens is 120 g/mol. The molecule has 0 amide bonds. The van der Waals surface area contributed by atoms with Crippen LogP contribution in [0.15, 0.2) is 0 Å². The van der Waals surface area contributed by atoms with Gasteiger partial charge >= 0.3 is 0 Å². The van der Waals surface area contributed by atoms with Gasteiger partial charge in [-0.15, -0.1) is 0 Å². The van der Waals surface area contributed by atoms with Gasteiger partial charge in [-0.1, -0.05) is 0 Å². The Morgan fingerprint density at radius 3 is 2.22 bits per heavy atom. The maximum absolute atomic E-state index is 10.2. The van der Waals surface area contributed by atoms with E-state index in [2.05, 4.69) is 0 Å². The maximum Gasteiger partial charge on any atom is 0.178 e. The number of rotatable bonds is 2. The van der Waals surface area contributed by atoms with Gasteiger partial charge in [0.25, 0.3) is 0 Å². The van der Waals surface area contributed by atoms with Crippen LogP contribution in [0.1, 0.15) is 12.8 Å². The van der Waals surface area contributed by atoms with Crippen molar-refractivity contribution in [1.82, 2.24) is 0 Å². The number of carbonyl (C=O) groups excluding carboxylic acids is 2. The van der Waals surface area contributed by atoms with Crippen molar-refractivity contribution in [2.24, 2.45) is 0 Å². The largest absolute Gasteiger partial charge is 0.360 e. The molecule has 3 nitrogen and oxygen atoms in total. The van der Waals surface area contributed by atoms with Crippen LogP contribution in [0.25, 0.3) is 0 Å². The molecule has 3 heteroatoms. The summed E-state index contributed by atoms with van der Waals surface area (Å²) >= 11 is 0. The number of hydrogen-bond acceptors (Lipinski definition) is 3. The fourth-order valence-electron chi connectivity index (χ4n) is 0.896. The highest BCUT2D eigenvalue weighted by atomic mass is 16.5. The van der Waals surface area contributed by atoms with E-state index >= 15 is 0 Å². The van der Waals surface area contributed by atoms with Gasteiger partial charge in [-0.2, -0.15) is 0 Å². The molecule has 0 N–H and O–H groups in total. The lowest BCUT2D eigenvalue weighted by Crippen LogP contribution is -2.31. The molecule has 1 aliphatic rings. The zero-order valence-electron chi connectivity index (χ0n) is 5.00. The topological polar surface area (TPSA) is 43.4 Å². The minimum Gasteiger partial charge on any atom is -0.360 e. The number of carbonyl (C=O) groups is 2. The summed E-state index contributed by atoms with van der Waals surface area (Å²) in [6.07, 6.45) is 2.50. The smallest absolute Gasteiger partial charge is 0.178 e. The Kier molecular flexibility index (Phi) is 1.62. The summed E-state index contributed by atoms with van der Waals surface area (Å²) in [5.41, 5.74) is -1.08. The average molecular weight is 128 g/mol. The Bertz CT molecular complexity index is 114. The molecule has 0 radical (unpaired) electrons. The molecule has 0 saturated carbocycles. The average Bonchev–Trinajstić information content (AvgIpc) is 2.36. The van der Waals surface area contributed by atoms with Crippen molar-refractivity contribution in [1.29, 1.82) is 0 Å². The molecule has 0 aromatic rings. The van der Waals surface area contributed by atoms with E-state index in [1.165, 1.54) is 0 Å². The molecule has 0 aromatic heterocycles. The number of aldehydes is 2. The van der Waals surface area contributed by atoms with E-state index < -0.39 is 5.60 Å². The molecule has 9 heavy (non-hydrogen) atoms. The molecule has 0 bridgehead atoms. The van der Waals surface area contributed by atoms with Gasteiger partial charge in [0.15, 0.2) is 18.2 Å². The summed E-state index contributed by atoms with van der Waals surface area (Å²) < 4.78 is 4.90. The van der Waals surface area contributed by atoms with Crippen LogP contribution in [0.4, 0.5) is 0 Å². The van der Waals surface area contributed by atoms with E-state index in [0.717, 1.165) is 6.42 Å². The van der Waals surface area contributed by atoms with Gasteiger partial charge in [0, 0.05) is 6.61 Å². The Hall–Kier alpha value is -0.700. The summed E-state index contributed by atoms with van der Waals surface area (Å²) in [5.74, 6) is 0. The quantitative estimate of drug-likeness (QED) is 0.386. The van der Waals surface area contributed by atoms with E-state index in [-0.39, 0.29) is 0 Å². The first-order valence-corrected chi connectivity index (χ1v) is 2.90. The molecule has 50 valence electrons. The van der Waals surface area contributed by atoms with E-state index in [1.807, 2.05) is 0 Å². The predicted molar refractivity (Wildman–Crippen MR) is 30.0 cm³/mol. The second-order valence-electron chi connectivity index (χ2n) is 2.14. The highest BCUT2D eigenvalue weighted by Gasteiger charge is 2.34. The normalized spacial score (nSPS) is 23.6. The van der Waals surface area contributed by atoms with Crippen molar-refractivity contribution in [3.05, 3.63) is 0 Å². The van der Waals surface area contributed by atoms with Gasteiger partial charge in [0.05, 0.1) is 0 Å². The van der Waals surface area contributed by atoms with Crippen LogP contribution in [0.5, 0.6) is 0 Å². The summed E-state index contributed by atoms with van der Waals surface area (Å²) in [7, 11) is 0. The first-order chi connectivity index (χ1) is 4.33. The third kappa shape index (κ3) is 1.00. The van der Waals surface area contributed by atoms with Crippen LogP contribution < -0.4 is 0 Å². The van der Waals surface area contributed by atoms with E-state index in [9.17, 15) is 9.59 Å². The Morgan fingerprint density at radius 2 is 2.00 bits per heavy atom. The highest BCUT2D eigenvalue weighted by Crippen LogP contribution is 2.20. The Balaban J connectivity index is 2.66. The van der Waals surface area contributed by atoms with Gasteiger partial charge in [0.2, 0.25) is 0 Å². The standard InChI is InChI=1S/C6H8O3/c7-4-6(5-8)2-1-3-9-6/h4-5H,1-3H2. The van der Waals surface area contributed by atoms with Crippen molar-refractivity contribution in [3.63, 3.8) is 0 Å². The minimum absolute atomic E-state index is 0.525. The van der Waals surface area contributed by atoms with Crippen LogP contribution in [-0.2, 0) is 14.3 Å². The Morgan fingerprint density at radius 1 is 1.33 bits per heavy atom. The van der Waals surface area contributed by atoms with Gasteiger partial charge in [-0.3, -0.25) is 9.59 Å². The van der Waals surface area contributed by atoms with Crippen LogP contribution in [-0.4, -0.2) is 24.8 Å². The molecule has 1 aliphatic heterocycles. The van der Waals surface area contributed by atoms with Crippen LogP contribution >= 0.6 is 0 Å². The summed E-state index contributed by atoms with van der Waals surface area (Å²) in [5, 5.41) is 0. The third-order valence-corrected chi connectivity index (χ3v) is 1.48. The zero-order chi connectivity index (χ0) is 6.74. The fourth-order valence-corrected chi connectivity index (χ4v) is 0.896. The van der Waals surface area contributed by atoms with Gasteiger partial charge in [-0.05, 0) is 12.8 Å². The molecule has 0 aromatic carbocycles. The lowest BCUT2D eigenvalue weighted by molar-refractivity contribution is -0.136. The van der Waals surface area contributed by atoms with E-state index in [1.54, 1.807) is 0 Å². The lowest BCUT2D eigenvalue weighted by Gasteiger charge is -2.10. The summed E-state index contributed by atoms with van der Waals surface area (Å²) in [6.45, 7) is 0.525. The number of hydrogen-bond donors (Lipinski definition) is 0. The fraction of sp³-hybridized carbons (Fsp3) is 0.667. The van der Waals surface area contributed by atoms with Crippen molar-refractivity contribution in [3.8, 4) is 0 Å². The van der Waals surface area contributed by atoms with E-state index in [4.69, 9.17) is 4.74 Å². The van der Waals surface area contributed by atoms with Gasteiger partial charge in [0.1, 0.15) is 0 Å². The molecule has 0 unspecified atom stereocenters. The third-order valence-electron chi connectivity index (χ3n) is 1.48. The Labute approximate surface area is 53.0 Å². The lowest BCUT2D eigenvalue weighted by atomic mass is 10.1. The number of ether oxygens (including phenoxy) is 1. The SMILES string of the molecule is O=CC1(C=O)CCCO1. The predicted octanol–water partition coefficient (Wildman–Crippen LogP) is -0.0666.